The molecule has 0 bridgehead atoms. The molecule has 0 unspecified atom stereocenters. The molecule has 0 N–H and O–H groups in total. The van der Waals surface area contributed by atoms with Crippen LogP contribution in [-0.4, -0.2) is 6.61 Å². The fraction of sp³-hybridized carbons (Fsp3) is 0.0312. The number of hydrogen-bond donors (Lipinski definition) is 0. The third-order valence-electron chi connectivity index (χ3n) is 14.3. The molecule has 6 nitrogen and oxygen atoms in total. The number of anilines is 6. The van der Waals surface area contributed by atoms with E-state index >= 15 is 0 Å². The van der Waals surface area contributed by atoms with E-state index in [1.807, 2.05) is 24.3 Å². The molecule has 0 saturated carbocycles. The van der Waals surface area contributed by atoms with E-state index in [0.29, 0.717) is 6.61 Å². The average molecular weight is 901 g/mol. The molecule has 70 heavy (non-hydrogen) atoms. The first-order valence-electron chi connectivity index (χ1n) is 23.8. The third kappa shape index (κ3) is 5.93. The maximum absolute atomic E-state index is 6.75. The maximum atomic E-state index is 6.75. The first-order chi connectivity index (χ1) is 34.7. The highest BCUT2D eigenvalue weighted by atomic mass is 16.5. The number of para-hydroxylation sites is 5. The number of nitrogens with zero attached hydrogens (tertiary/aromatic N) is 2. The molecule has 6 heteroatoms. The minimum absolute atomic E-state index is 0.609. The molecule has 0 fully saturated rings. The fourth-order valence-corrected chi connectivity index (χ4v) is 11.1. The molecule has 330 valence electrons. The van der Waals surface area contributed by atoms with Crippen molar-refractivity contribution in [2.45, 2.75) is 6.42 Å². The Hall–Kier alpha value is -9.26. The SMILES string of the molecule is c1ccc(N(c2ccc3cc4c(cc3c2)oc2ccc3oc5cc6cc(N(c7ccccc7)c7cccc8c7oc7ccccc78)ccc6cc5c3c24)c2cccc3c2OCCc2ccccc2-3)cc1. The van der Waals surface area contributed by atoms with Crippen LogP contribution < -0.4 is 14.5 Å². The van der Waals surface area contributed by atoms with Gasteiger partial charge in [-0.25, -0.2) is 0 Å². The number of furan rings is 3. The molecule has 0 spiro atoms. The van der Waals surface area contributed by atoms with Crippen molar-refractivity contribution in [1.29, 1.82) is 0 Å². The van der Waals surface area contributed by atoms with E-state index in [-0.39, 0.29) is 0 Å². The van der Waals surface area contributed by atoms with E-state index < -0.39 is 0 Å². The van der Waals surface area contributed by atoms with Gasteiger partial charge in [0.1, 0.15) is 27.9 Å². The van der Waals surface area contributed by atoms with E-state index in [1.165, 1.54) is 11.1 Å². The number of rotatable bonds is 6. The van der Waals surface area contributed by atoms with Gasteiger partial charge in [0.2, 0.25) is 0 Å². The summed E-state index contributed by atoms with van der Waals surface area (Å²) in [4.78, 5) is 4.59. The largest absolute Gasteiger partial charge is 0.490 e. The molecular formula is C64H40N2O4. The van der Waals surface area contributed by atoms with E-state index in [0.717, 1.165) is 139 Å². The zero-order valence-corrected chi connectivity index (χ0v) is 37.7. The smallest absolute Gasteiger partial charge is 0.159 e. The standard InChI is InChI=1S/C64H40N2O4/c1-3-14-44(15-4-1)65(54-22-11-20-50-48-18-8-7-13-39(48)31-32-67-63(50)54)46-27-25-40-35-52-59(37-42(40)33-46)68-57-29-30-58-62(61(52)57)53-36-41-26-28-47(34-43(41)38-60(53)69-58)66(45-16-5-2-6-17-45)55-23-12-21-51-49-19-9-10-24-56(49)70-64(51)55/h1-30,33-38H,31-32H2. The van der Waals surface area contributed by atoms with Crippen LogP contribution in [0.1, 0.15) is 5.56 Å². The summed E-state index contributed by atoms with van der Waals surface area (Å²) in [5, 5.41) is 10.8. The molecule has 1 aliphatic rings. The highest BCUT2D eigenvalue weighted by Crippen LogP contribution is 2.49. The Bertz CT molecular complexity index is 4410. The first kappa shape index (κ1) is 38.8. The van der Waals surface area contributed by atoms with Crippen molar-refractivity contribution in [3.8, 4) is 16.9 Å². The van der Waals surface area contributed by atoms with Crippen LogP contribution in [0.3, 0.4) is 0 Å². The Labute approximate surface area is 401 Å². The van der Waals surface area contributed by atoms with Crippen molar-refractivity contribution in [2.75, 3.05) is 16.4 Å². The monoisotopic (exact) mass is 900 g/mol. The summed E-state index contributed by atoms with van der Waals surface area (Å²) in [6.45, 7) is 0.609. The lowest BCUT2D eigenvalue weighted by Crippen LogP contribution is -2.12. The van der Waals surface area contributed by atoms with Crippen LogP contribution >= 0.6 is 0 Å². The number of benzene rings is 11. The van der Waals surface area contributed by atoms with Crippen molar-refractivity contribution >= 4 is 121 Å². The van der Waals surface area contributed by atoms with Crippen molar-refractivity contribution in [3.05, 3.63) is 224 Å². The summed E-state index contributed by atoms with van der Waals surface area (Å²) in [5.41, 5.74) is 14.7. The van der Waals surface area contributed by atoms with Crippen LogP contribution in [0, 0.1) is 0 Å². The van der Waals surface area contributed by atoms with Gasteiger partial charge in [-0.15, -0.1) is 0 Å². The lowest BCUT2D eigenvalue weighted by atomic mass is 9.97. The molecule has 0 saturated heterocycles. The lowest BCUT2D eigenvalue weighted by molar-refractivity contribution is 0.327. The highest BCUT2D eigenvalue weighted by Gasteiger charge is 2.25. The lowest BCUT2D eigenvalue weighted by Gasteiger charge is -2.28. The third-order valence-corrected chi connectivity index (χ3v) is 14.3. The second-order valence-electron chi connectivity index (χ2n) is 18.3. The number of fused-ring (bicyclic) bond motifs is 15. The van der Waals surface area contributed by atoms with Gasteiger partial charge in [-0.1, -0.05) is 115 Å². The molecule has 0 atom stereocenters. The van der Waals surface area contributed by atoms with Crippen LogP contribution in [0.2, 0.25) is 0 Å². The van der Waals surface area contributed by atoms with Gasteiger partial charge in [0.05, 0.1) is 18.0 Å². The Morgan fingerprint density at radius 3 is 1.57 bits per heavy atom. The fourth-order valence-electron chi connectivity index (χ4n) is 11.1. The van der Waals surface area contributed by atoms with Gasteiger partial charge in [-0.3, -0.25) is 0 Å². The second kappa shape index (κ2) is 15.1. The van der Waals surface area contributed by atoms with E-state index in [2.05, 4.69) is 204 Å². The Morgan fingerprint density at radius 2 is 0.886 bits per heavy atom. The zero-order chi connectivity index (χ0) is 45.9. The van der Waals surface area contributed by atoms with E-state index in [1.54, 1.807) is 0 Å². The Morgan fingerprint density at radius 1 is 0.329 bits per heavy atom. The minimum Gasteiger partial charge on any atom is -0.490 e. The van der Waals surface area contributed by atoms with Gasteiger partial charge in [0.15, 0.2) is 11.3 Å². The van der Waals surface area contributed by atoms with Crippen molar-refractivity contribution in [2.24, 2.45) is 0 Å². The molecule has 4 heterocycles. The van der Waals surface area contributed by atoms with Crippen molar-refractivity contribution in [1.82, 2.24) is 0 Å². The minimum atomic E-state index is 0.609. The molecule has 0 aliphatic carbocycles. The highest BCUT2D eigenvalue weighted by molar-refractivity contribution is 6.28. The van der Waals surface area contributed by atoms with Crippen molar-refractivity contribution in [3.63, 3.8) is 0 Å². The predicted octanol–water partition coefficient (Wildman–Crippen LogP) is 18.2. The number of hydrogen-bond acceptors (Lipinski definition) is 6. The van der Waals surface area contributed by atoms with Gasteiger partial charge in [0, 0.05) is 67.1 Å². The Balaban J connectivity index is 0.857. The van der Waals surface area contributed by atoms with Gasteiger partial charge in [-0.2, -0.15) is 0 Å². The first-order valence-corrected chi connectivity index (χ1v) is 23.8. The van der Waals surface area contributed by atoms with Crippen molar-refractivity contribution < 1.29 is 18.0 Å². The molecule has 0 radical (unpaired) electrons. The van der Waals surface area contributed by atoms with Crippen LogP contribution in [0.15, 0.2) is 232 Å². The predicted molar refractivity (Wildman–Crippen MR) is 287 cm³/mol. The van der Waals surface area contributed by atoms with Gasteiger partial charge < -0.3 is 27.8 Å². The molecule has 1 aliphatic heterocycles. The zero-order valence-electron chi connectivity index (χ0n) is 37.7. The second-order valence-corrected chi connectivity index (χ2v) is 18.3. The topological polar surface area (TPSA) is 55.1 Å². The quantitative estimate of drug-likeness (QED) is 0.166. The molecule has 3 aromatic heterocycles. The Kier molecular flexibility index (Phi) is 8.38. The van der Waals surface area contributed by atoms with E-state index in [9.17, 15) is 0 Å². The normalized spacial score (nSPS) is 12.6. The summed E-state index contributed by atoms with van der Waals surface area (Å²) in [6.07, 6.45) is 0.856. The van der Waals surface area contributed by atoms with Crippen LogP contribution in [-0.2, 0) is 6.42 Å². The van der Waals surface area contributed by atoms with Crippen LogP contribution in [0.25, 0.3) is 98.5 Å². The van der Waals surface area contributed by atoms with Crippen LogP contribution in [0.4, 0.5) is 34.1 Å². The summed E-state index contributed by atoms with van der Waals surface area (Å²) in [5.74, 6) is 0.889. The number of ether oxygens (including phenoxy) is 1. The van der Waals surface area contributed by atoms with Crippen LogP contribution in [0.5, 0.6) is 5.75 Å². The molecule has 14 aromatic rings. The van der Waals surface area contributed by atoms with Gasteiger partial charge in [-0.05, 0) is 136 Å². The van der Waals surface area contributed by atoms with E-state index in [4.69, 9.17) is 18.0 Å². The summed E-state index contributed by atoms with van der Waals surface area (Å²) >= 11 is 0. The molecular weight excluding hydrogens is 861 g/mol. The average Bonchev–Trinajstić information content (AvgIpc) is 4.05. The summed E-state index contributed by atoms with van der Waals surface area (Å²) in [6, 6.07) is 77.1. The summed E-state index contributed by atoms with van der Waals surface area (Å²) < 4.78 is 26.7. The molecule has 11 aromatic carbocycles. The van der Waals surface area contributed by atoms with Gasteiger partial charge >= 0.3 is 0 Å². The van der Waals surface area contributed by atoms with Gasteiger partial charge in [0.25, 0.3) is 0 Å². The summed E-state index contributed by atoms with van der Waals surface area (Å²) in [7, 11) is 0. The molecule has 15 rings (SSSR count). The molecule has 0 amide bonds. The maximum Gasteiger partial charge on any atom is 0.159 e.